The molecular weight excluding hydrogens is 474 g/mol. The number of benzene rings is 2. The molecule has 186 valence electrons. The maximum absolute atomic E-state index is 13.7. The molecule has 0 heterocycles. The molecule has 9 heteroatoms. The third-order valence-electron chi connectivity index (χ3n) is 5.25. The minimum atomic E-state index is -3.77. The van der Waals surface area contributed by atoms with Crippen LogP contribution in [0.5, 0.6) is 0 Å². The lowest BCUT2D eigenvalue weighted by Crippen LogP contribution is -2.55. The van der Waals surface area contributed by atoms with Crippen LogP contribution in [-0.4, -0.2) is 49.5 Å². The van der Waals surface area contributed by atoms with E-state index in [-0.39, 0.29) is 12.5 Å². The van der Waals surface area contributed by atoms with E-state index in [1.165, 1.54) is 4.90 Å². The second kappa shape index (κ2) is 11.2. The summed E-state index contributed by atoms with van der Waals surface area (Å²) in [6, 6.07) is 13.2. The number of halogens is 1. The first-order valence-corrected chi connectivity index (χ1v) is 13.4. The number of para-hydroxylation sites is 1. The fourth-order valence-corrected chi connectivity index (χ4v) is 4.72. The van der Waals surface area contributed by atoms with Crippen LogP contribution in [0, 0.1) is 6.92 Å². The largest absolute Gasteiger partial charge is 0.350 e. The highest BCUT2D eigenvalue weighted by molar-refractivity contribution is 7.92. The molecule has 2 aromatic rings. The fourth-order valence-electron chi connectivity index (χ4n) is 3.62. The van der Waals surface area contributed by atoms with E-state index in [0.29, 0.717) is 22.7 Å². The normalized spacial score (nSPS) is 12.7. The molecule has 0 aromatic heterocycles. The Bertz CT molecular complexity index is 1130. The standard InChI is InChI=1S/C25H34ClN3O4S/c1-7-21(24(31)27-25(3,4)5)28(16-19-13-9-10-14-20(19)26)23(30)17-29(34(6,32)33)22-15-11-8-12-18(22)2/h8-15,21H,7,16-17H2,1-6H3,(H,27,31)/t21-/m1/s1. The van der Waals surface area contributed by atoms with E-state index in [2.05, 4.69) is 5.32 Å². The molecule has 0 saturated heterocycles. The number of sulfonamides is 1. The molecular formula is C25H34ClN3O4S. The van der Waals surface area contributed by atoms with Gasteiger partial charge in [0.05, 0.1) is 11.9 Å². The average Bonchev–Trinajstić information content (AvgIpc) is 2.71. The van der Waals surface area contributed by atoms with E-state index < -0.39 is 34.1 Å². The lowest BCUT2D eigenvalue weighted by atomic mass is 10.1. The van der Waals surface area contributed by atoms with E-state index in [1.807, 2.05) is 27.7 Å². The number of hydrogen-bond donors (Lipinski definition) is 1. The molecule has 2 amide bonds. The first-order chi connectivity index (χ1) is 15.7. The average molecular weight is 508 g/mol. The smallest absolute Gasteiger partial charge is 0.244 e. The molecule has 0 bridgehead atoms. The van der Waals surface area contributed by atoms with Crippen molar-refractivity contribution in [1.82, 2.24) is 10.2 Å². The Morgan fingerprint density at radius 3 is 2.18 bits per heavy atom. The zero-order chi connectivity index (χ0) is 25.7. The van der Waals surface area contributed by atoms with E-state index in [1.54, 1.807) is 55.5 Å². The minimum absolute atomic E-state index is 0.0694. The van der Waals surface area contributed by atoms with Gasteiger partial charge in [0.2, 0.25) is 21.8 Å². The van der Waals surface area contributed by atoms with Crippen molar-refractivity contribution in [3.8, 4) is 0 Å². The second-order valence-corrected chi connectivity index (χ2v) is 11.6. The highest BCUT2D eigenvalue weighted by Gasteiger charge is 2.33. The quantitative estimate of drug-likeness (QED) is 0.552. The molecule has 0 unspecified atom stereocenters. The molecule has 0 aliphatic carbocycles. The highest BCUT2D eigenvalue weighted by atomic mass is 35.5. The zero-order valence-electron chi connectivity index (χ0n) is 20.6. The van der Waals surface area contributed by atoms with Crippen LogP contribution in [0.2, 0.25) is 5.02 Å². The van der Waals surface area contributed by atoms with Gasteiger partial charge < -0.3 is 10.2 Å². The number of carbonyl (C=O) groups excluding carboxylic acids is 2. The Morgan fingerprint density at radius 1 is 1.06 bits per heavy atom. The number of anilines is 1. The summed E-state index contributed by atoms with van der Waals surface area (Å²) in [4.78, 5) is 28.2. The van der Waals surface area contributed by atoms with Crippen LogP contribution < -0.4 is 9.62 Å². The van der Waals surface area contributed by atoms with Crippen molar-refractivity contribution in [3.05, 3.63) is 64.7 Å². The Kier molecular flexibility index (Phi) is 9.14. The van der Waals surface area contributed by atoms with Gasteiger partial charge in [0, 0.05) is 17.1 Å². The summed E-state index contributed by atoms with van der Waals surface area (Å²) in [5.41, 5.74) is 1.31. The topological polar surface area (TPSA) is 86.8 Å². The summed E-state index contributed by atoms with van der Waals surface area (Å²) in [7, 11) is -3.77. The third-order valence-corrected chi connectivity index (χ3v) is 6.74. The molecule has 0 spiro atoms. The van der Waals surface area contributed by atoms with Crippen LogP contribution in [0.15, 0.2) is 48.5 Å². The van der Waals surface area contributed by atoms with Gasteiger partial charge in [0.25, 0.3) is 0 Å². The second-order valence-electron chi connectivity index (χ2n) is 9.33. The van der Waals surface area contributed by atoms with Gasteiger partial charge in [-0.15, -0.1) is 0 Å². The van der Waals surface area contributed by atoms with Gasteiger partial charge in [-0.05, 0) is 57.4 Å². The lowest BCUT2D eigenvalue weighted by Gasteiger charge is -2.34. The van der Waals surface area contributed by atoms with Crippen molar-refractivity contribution in [2.75, 3.05) is 17.1 Å². The van der Waals surface area contributed by atoms with E-state index in [0.717, 1.165) is 16.1 Å². The van der Waals surface area contributed by atoms with Crippen LogP contribution in [0.4, 0.5) is 5.69 Å². The Labute approximate surface area is 208 Å². The van der Waals surface area contributed by atoms with Crippen molar-refractivity contribution in [2.24, 2.45) is 0 Å². The maximum Gasteiger partial charge on any atom is 0.244 e. The van der Waals surface area contributed by atoms with Gasteiger partial charge in [0.15, 0.2) is 0 Å². The van der Waals surface area contributed by atoms with Gasteiger partial charge in [-0.1, -0.05) is 54.9 Å². The van der Waals surface area contributed by atoms with Crippen LogP contribution in [0.3, 0.4) is 0 Å². The van der Waals surface area contributed by atoms with Crippen LogP contribution in [0.1, 0.15) is 45.2 Å². The number of carbonyl (C=O) groups is 2. The maximum atomic E-state index is 13.7. The Balaban J connectivity index is 2.49. The summed E-state index contributed by atoms with van der Waals surface area (Å²) in [5, 5.41) is 3.40. The monoisotopic (exact) mass is 507 g/mol. The summed E-state index contributed by atoms with van der Waals surface area (Å²) >= 11 is 6.36. The number of nitrogens with one attached hydrogen (secondary N) is 1. The highest BCUT2D eigenvalue weighted by Crippen LogP contribution is 2.24. The predicted octanol–water partition coefficient (Wildman–Crippen LogP) is 4.14. The van der Waals surface area contributed by atoms with Crippen LogP contribution in [0.25, 0.3) is 0 Å². The summed E-state index contributed by atoms with van der Waals surface area (Å²) < 4.78 is 26.4. The van der Waals surface area contributed by atoms with Gasteiger partial charge in [-0.25, -0.2) is 8.42 Å². The zero-order valence-corrected chi connectivity index (χ0v) is 22.2. The third kappa shape index (κ3) is 7.46. The molecule has 0 fully saturated rings. The molecule has 0 saturated carbocycles. The Hall–Kier alpha value is -2.58. The summed E-state index contributed by atoms with van der Waals surface area (Å²) in [5.74, 6) is -0.804. The first kappa shape index (κ1) is 27.7. The molecule has 7 nitrogen and oxygen atoms in total. The van der Waals surface area contributed by atoms with Gasteiger partial charge in [-0.3, -0.25) is 13.9 Å². The van der Waals surface area contributed by atoms with Gasteiger partial charge in [0.1, 0.15) is 12.6 Å². The molecule has 0 radical (unpaired) electrons. The van der Waals surface area contributed by atoms with Crippen molar-refractivity contribution in [2.45, 2.75) is 59.2 Å². The van der Waals surface area contributed by atoms with Crippen molar-refractivity contribution >= 4 is 39.1 Å². The summed E-state index contributed by atoms with van der Waals surface area (Å²) in [6.07, 6.45) is 1.41. The molecule has 0 aliphatic heterocycles. The fraction of sp³-hybridized carbons (Fsp3) is 0.440. The van der Waals surface area contributed by atoms with E-state index >= 15 is 0 Å². The molecule has 0 aliphatic rings. The van der Waals surface area contributed by atoms with Crippen LogP contribution >= 0.6 is 11.6 Å². The van der Waals surface area contributed by atoms with E-state index in [9.17, 15) is 18.0 Å². The van der Waals surface area contributed by atoms with Crippen molar-refractivity contribution < 1.29 is 18.0 Å². The van der Waals surface area contributed by atoms with E-state index in [4.69, 9.17) is 11.6 Å². The van der Waals surface area contributed by atoms with Gasteiger partial charge >= 0.3 is 0 Å². The minimum Gasteiger partial charge on any atom is -0.350 e. The molecule has 2 rings (SSSR count). The molecule has 1 atom stereocenters. The number of amides is 2. The summed E-state index contributed by atoms with van der Waals surface area (Å²) in [6.45, 7) is 8.82. The lowest BCUT2D eigenvalue weighted by molar-refractivity contribution is -0.141. The number of hydrogen-bond acceptors (Lipinski definition) is 4. The Morgan fingerprint density at radius 2 is 1.65 bits per heavy atom. The number of aryl methyl sites for hydroxylation is 1. The SMILES string of the molecule is CC[C@H](C(=O)NC(C)(C)C)N(Cc1ccccc1Cl)C(=O)CN(c1ccccc1C)S(C)(=O)=O. The molecule has 1 N–H and O–H groups in total. The molecule has 34 heavy (non-hydrogen) atoms. The molecule has 2 aromatic carbocycles. The predicted molar refractivity (Wildman–Crippen MR) is 137 cm³/mol. The van der Waals surface area contributed by atoms with Crippen LogP contribution in [-0.2, 0) is 26.2 Å². The van der Waals surface area contributed by atoms with Crippen molar-refractivity contribution in [1.29, 1.82) is 0 Å². The first-order valence-electron chi connectivity index (χ1n) is 11.1. The number of nitrogens with zero attached hydrogens (tertiary/aromatic N) is 2. The number of rotatable bonds is 9. The van der Waals surface area contributed by atoms with Gasteiger partial charge in [-0.2, -0.15) is 0 Å². The van der Waals surface area contributed by atoms with Crippen molar-refractivity contribution in [3.63, 3.8) is 0 Å².